The number of nitrogens with two attached hydrogens (primary N) is 1. The highest BCUT2D eigenvalue weighted by atomic mass is 32.2. The molecule has 0 spiro atoms. The van der Waals surface area contributed by atoms with Crippen LogP contribution in [0.15, 0.2) is 71.6 Å². The van der Waals surface area contributed by atoms with Crippen LogP contribution in [0, 0.1) is 0 Å². The molecule has 0 bridgehead atoms. The van der Waals surface area contributed by atoms with Gasteiger partial charge in [-0.25, -0.2) is 13.1 Å². The van der Waals surface area contributed by atoms with Crippen molar-refractivity contribution in [3.8, 4) is 0 Å². The van der Waals surface area contributed by atoms with E-state index < -0.39 is 10.0 Å². The molecule has 0 aliphatic carbocycles. The van der Waals surface area contributed by atoms with Gasteiger partial charge in [0.1, 0.15) is 0 Å². The second-order valence-corrected chi connectivity index (χ2v) is 7.20. The minimum atomic E-state index is -3.63. The summed E-state index contributed by atoms with van der Waals surface area (Å²) < 4.78 is 27.8. The Morgan fingerprint density at radius 1 is 0.957 bits per heavy atom. The molecule has 118 valence electrons. The summed E-state index contributed by atoms with van der Waals surface area (Å²) in [4.78, 5) is 0.171. The third kappa shape index (κ3) is 3.21. The van der Waals surface area contributed by atoms with Gasteiger partial charge in [0.05, 0.1) is 4.90 Å². The van der Waals surface area contributed by atoms with Gasteiger partial charge >= 0.3 is 0 Å². The largest absolute Gasteiger partial charge is 0.399 e. The molecular weight excluding hydrogens is 308 g/mol. The van der Waals surface area contributed by atoms with E-state index in [1.165, 1.54) is 12.1 Å². The normalized spacial score (nSPS) is 13.1. The van der Waals surface area contributed by atoms with Crippen LogP contribution in [-0.2, 0) is 10.0 Å². The molecule has 0 unspecified atom stereocenters. The summed E-state index contributed by atoms with van der Waals surface area (Å²) in [5.41, 5.74) is 7.04. The first-order valence-corrected chi connectivity index (χ1v) is 8.81. The maximum atomic E-state index is 12.5. The molecule has 23 heavy (non-hydrogen) atoms. The first kappa shape index (κ1) is 15.5. The SMILES string of the molecule is C[C@@H](NS(=O)(=O)c1cccc(N)c1)c1cccc2ccccc12. The van der Waals surface area contributed by atoms with Crippen LogP contribution >= 0.6 is 0 Å². The van der Waals surface area contributed by atoms with Crippen LogP contribution in [-0.4, -0.2) is 8.42 Å². The van der Waals surface area contributed by atoms with E-state index in [1.807, 2.05) is 49.4 Å². The number of nitrogens with one attached hydrogen (secondary N) is 1. The fourth-order valence-corrected chi connectivity index (χ4v) is 3.95. The quantitative estimate of drug-likeness (QED) is 0.721. The van der Waals surface area contributed by atoms with Gasteiger partial charge in [0.15, 0.2) is 0 Å². The fourth-order valence-electron chi connectivity index (χ4n) is 2.67. The van der Waals surface area contributed by atoms with E-state index in [9.17, 15) is 8.42 Å². The number of anilines is 1. The molecular formula is C18H18N2O2S. The van der Waals surface area contributed by atoms with E-state index in [2.05, 4.69) is 4.72 Å². The predicted molar refractivity (Wildman–Crippen MR) is 93.5 cm³/mol. The van der Waals surface area contributed by atoms with Crippen molar-refractivity contribution in [2.45, 2.75) is 17.9 Å². The third-order valence-electron chi connectivity index (χ3n) is 3.79. The molecule has 0 aliphatic heterocycles. The molecule has 0 amide bonds. The van der Waals surface area contributed by atoms with Crippen LogP contribution in [0.3, 0.4) is 0 Å². The molecule has 0 fully saturated rings. The van der Waals surface area contributed by atoms with Crippen molar-refractivity contribution >= 4 is 26.5 Å². The van der Waals surface area contributed by atoms with E-state index >= 15 is 0 Å². The van der Waals surface area contributed by atoms with Gasteiger partial charge in [0.2, 0.25) is 10.0 Å². The van der Waals surface area contributed by atoms with Crippen LogP contribution in [0.5, 0.6) is 0 Å². The zero-order chi connectivity index (χ0) is 16.4. The smallest absolute Gasteiger partial charge is 0.241 e. The molecule has 4 nitrogen and oxygen atoms in total. The van der Waals surface area contributed by atoms with Crippen molar-refractivity contribution < 1.29 is 8.42 Å². The second kappa shape index (κ2) is 6.02. The Bertz CT molecular complexity index is 947. The summed E-state index contributed by atoms with van der Waals surface area (Å²) in [7, 11) is -3.63. The zero-order valence-electron chi connectivity index (χ0n) is 12.7. The molecule has 0 saturated heterocycles. The average Bonchev–Trinajstić information content (AvgIpc) is 2.54. The van der Waals surface area contributed by atoms with Crippen molar-refractivity contribution in [2.75, 3.05) is 5.73 Å². The van der Waals surface area contributed by atoms with Crippen LogP contribution in [0.25, 0.3) is 10.8 Å². The number of sulfonamides is 1. The number of hydrogen-bond acceptors (Lipinski definition) is 3. The van der Waals surface area contributed by atoms with E-state index in [4.69, 9.17) is 5.73 Å². The lowest BCUT2D eigenvalue weighted by Crippen LogP contribution is -2.27. The lowest BCUT2D eigenvalue weighted by Gasteiger charge is -2.17. The Balaban J connectivity index is 1.96. The molecule has 0 saturated carbocycles. The lowest BCUT2D eigenvalue weighted by atomic mass is 10.0. The molecule has 3 aromatic rings. The number of rotatable bonds is 4. The van der Waals surface area contributed by atoms with Gasteiger partial charge < -0.3 is 5.73 Å². The van der Waals surface area contributed by atoms with E-state index in [-0.39, 0.29) is 10.9 Å². The molecule has 3 rings (SSSR count). The van der Waals surface area contributed by atoms with Crippen molar-refractivity contribution in [3.63, 3.8) is 0 Å². The maximum absolute atomic E-state index is 12.5. The molecule has 0 radical (unpaired) electrons. The van der Waals surface area contributed by atoms with Gasteiger partial charge in [-0.05, 0) is 41.5 Å². The van der Waals surface area contributed by atoms with E-state index in [0.29, 0.717) is 5.69 Å². The van der Waals surface area contributed by atoms with Crippen molar-refractivity contribution in [3.05, 3.63) is 72.3 Å². The highest BCUT2D eigenvalue weighted by molar-refractivity contribution is 7.89. The van der Waals surface area contributed by atoms with Crippen molar-refractivity contribution in [1.29, 1.82) is 0 Å². The standard InChI is InChI=1S/C18H18N2O2S/c1-13(17-11-4-7-14-6-2-3-10-18(14)17)20-23(21,22)16-9-5-8-15(19)12-16/h2-13,20H,19H2,1H3/t13-/m1/s1. The van der Waals surface area contributed by atoms with Crippen LogP contribution in [0.4, 0.5) is 5.69 Å². The van der Waals surface area contributed by atoms with Crippen molar-refractivity contribution in [2.24, 2.45) is 0 Å². The van der Waals surface area contributed by atoms with Gasteiger partial charge in [-0.15, -0.1) is 0 Å². The highest BCUT2D eigenvalue weighted by Crippen LogP contribution is 2.25. The van der Waals surface area contributed by atoms with Crippen LogP contribution < -0.4 is 10.5 Å². The minimum absolute atomic E-state index is 0.171. The first-order valence-electron chi connectivity index (χ1n) is 7.33. The van der Waals surface area contributed by atoms with Gasteiger partial charge in [-0.2, -0.15) is 0 Å². The molecule has 3 N–H and O–H groups in total. The number of benzene rings is 3. The van der Waals surface area contributed by atoms with E-state index in [1.54, 1.807) is 12.1 Å². The Labute approximate surface area is 136 Å². The monoisotopic (exact) mass is 326 g/mol. The Morgan fingerprint density at radius 3 is 2.43 bits per heavy atom. The summed E-state index contributed by atoms with van der Waals surface area (Å²) in [6, 6.07) is 19.7. The number of nitrogen functional groups attached to an aromatic ring is 1. The third-order valence-corrected chi connectivity index (χ3v) is 5.33. The lowest BCUT2D eigenvalue weighted by molar-refractivity contribution is 0.567. The minimum Gasteiger partial charge on any atom is -0.399 e. The summed E-state index contributed by atoms with van der Waals surface area (Å²) in [5, 5.41) is 2.12. The Kier molecular flexibility index (Phi) is 4.07. The maximum Gasteiger partial charge on any atom is 0.241 e. The average molecular weight is 326 g/mol. The molecule has 0 aliphatic rings. The zero-order valence-corrected chi connectivity index (χ0v) is 13.5. The highest BCUT2D eigenvalue weighted by Gasteiger charge is 2.19. The molecule has 5 heteroatoms. The van der Waals surface area contributed by atoms with Gasteiger partial charge in [0, 0.05) is 11.7 Å². The first-order chi connectivity index (χ1) is 11.0. The summed E-state index contributed by atoms with van der Waals surface area (Å²) in [6.45, 7) is 1.84. The molecule has 0 heterocycles. The summed E-state index contributed by atoms with van der Waals surface area (Å²) in [5.74, 6) is 0. The van der Waals surface area contributed by atoms with Crippen LogP contribution in [0.2, 0.25) is 0 Å². The number of hydrogen-bond donors (Lipinski definition) is 2. The summed E-state index contributed by atoms with van der Waals surface area (Å²) >= 11 is 0. The van der Waals surface area contributed by atoms with Gasteiger partial charge in [-0.3, -0.25) is 0 Å². The van der Waals surface area contributed by atoms with Crippen molar-refractivity contribution in [1.82, 2.24) is 4.72 Å². The molecule has 1 atom stereocenters. The topological polar surface area (TPSA) is 72.2 Å². The Hall–Kier alpha value is -2.37. The Morgan fingerprint density at radius 2 is 1.65 bits per heavy atom. The van der Waals surface area contributed by atoms with E-state index in [0.717, 1.165) is 16.3 Å². The van der Waals surface area contributed by atoms with Crippen LogP contribution in [0.1, 0.15) is 18.5 Å². The molecule has 3 aromatic carbocycles. The predicted octanol–water partition coefficient (Wildman–Crippen LogP) is 3.46. The second-order valence-electron chi connectivity index (χ2n) is 5.48. The summed E-state index contributed by atoms with van der Waals surface area (Å²) in [6.07, 6.45) is 0. The molecule has 0 aromatic heterocycles. The van der Waals surface area contributed by atoms with Gasteiger partial charge in [-0.1, -0.05) is 48.5 Å². The fraction of sp³-hybridized carbons (Fsp3) is 0.111. The van der Waals surface area contributed by atoms with Gasteiger partial charge in [0.25, 0.3) is 0 Å². The number of fused-ring (bicyclic) bond motifs is 1.